The molecule has 0 aliphatic carbocycles. The Morgan fingerprint density at radius 3 is 2.87 bits per heavy atom. The van der Waals surface area contributed by atoms with Crippen LogP contribution >= 0.6 is 11.3 Å². The van der Waals surface area contributed by atoms with Gasteiger partial charge in [-0.1, -0.05) is 13.8 Å². The highest BCUT2D eigenvalue weighted by Gasteiger charge is 2.15. The van der Waals surface area contributed by atoms with E-state index in [-0.39, 0.29) is 35.3 Å². The number of aromatic nitrogens is 1. The zero-order valence-corrected chi connectivity index (χ0v) is 17.9. The summed E-state index contributed by atoms with van der Waals surface area (Å²) in [5.74, 6) is -0.192. The fraction of sp³-hybridized carbons (Fsp3) is 0.421. The van der Waals surface area contributed by atoms with Crippen LogP contribution in [0.4, 0.5) is 21.5 Å². The van der Waals surface area contributed by atoms with Crippen molar-refractivity contribution in [2.75, 3.05) is 31.7 Å². The topological polar surface area (TPSA) is 152 Å². The quantitative estimate of drug-likeness (QED) is 0.163. The summed E-state index contributed by atoms with van der Waals surface area (Å²) < 4.78 is 10.7. The SMILES string of the molecule is CC(C)COCCOC(=O)c1cc(N=Nc2ncc([N+](=O)[O-])s2)ccc1NCCC#N. The summed E-state index contributed by atoms with van der Waals surface area (Å²) in [4.78, 5) is 26.5. The molecule has 0 aliphatic heterocycles. The molecule has 0 atom stereocenters. The second-order valence-electron chi connectivity index (χ2n) is 6.61. The van der Waals surface area contributed by atoms with Gasteiger partial charge in [-0.15, -0.1) is 10.2 Å². The summed E-state index contributed by atoms with van der Waals surface area (Å²) in [5.41, 5.74) is 1.06. The number of nitrogens with one attached hydrogen (secondary N) is 1. The molecule has 1 aromatic heterocycles. The number of carbonyl (C=O) groups excluding carboxylic acids is 1. The Hall–Kier alpha value is -3.43. The lowest BCUT2D eigenvalue weighted by Crippen LogP contribution is -2.14. The molecule has 0 saturated carbocycles. The average molecular weight is 446 g/mol. The number of thiazole rings is 1. The molecule has 1 N–H and O–H groups in total. The normalized spacial score (nSPS) is 10.9. The molecule has 0 amide bonds. The highest BCUT2D eigenvalue weighted by atomic mass is 32.1. The van der Waals surface area contributed by atoms with Crippen molar-refractivity contribution in [2.45, 2.75) is 20.3 Å². The average Bonchev–Trinajstić information content (AvgIpc) is 3.22. The predicted octanol–water partition coefficient (Wildman–Crippen LogP) is 4.62. The lowest BCUT2D eigenvalue weighted by molar-refractivity contribution is -0.380. The number of nitrogens with zero attached hydrogens (tertiary/aromatic N) is 5. The van der Waals surface area contributed by atoms with Gasteiger partial charge in [0.25, 0.3) is 0 Å². The number of esters is 1. The van der Waals surface area contributed by atoms with Crippen LogP contribution in [0.15, 0.2) is 34.6 Å². The molecule has 1 aromatic carbocycles. The van der Waals surface area contributed by atoms with E-state index < -0.39 is 10.9 Å². The van der Waals surface area contributed by atoms with Crippen molar-refractivity contribution >= 4 is 38.8 Å². The summed E-state index contributed by atoms with van der Waals surface area (Å²) in [6, 6.07) is 6.75. The maximum absolute atomic E-state index is 12.6. The van der Waals surface area contributed by atoms with E-state index in [1.807, 2.05) is 19.9 Å². The Kier molecular flexibility index (Phi) is 9.47. The van der Waals surface area contributed by atoms with Gasteiger partial charge in [-0.2, -0.15) is 5.26 Å². The summed E-state index contributed by atoms with van der Waals surface area (Å²) >= 11 is 0.786. The van der Waals surface area contributed by atoms with Crippen LogP contribution in [0.3, 0.4) is 0 Å². The van der Waals surface area contributed by atoms with E-state index in [1.54, 1.807) is 12.1 Å². The highest BCUT2D eigenvalue weighted by molar-refractivity contribution is 7.18. The van der Waals surface area contributed by atoms with Gasteiger partial charge in [0.1, 0.15) is 12.8 Å². The maximum Gasteiger partial charge on any atom is 0.345 e. The smallest absolute Gasteiger partial charge is 0.345 e. The third-order valence-electron chi connectivity index (χ3n) is 3.60. The van der Waals surface area contributed by atoms with Gasteiger partial charge >= 0.3 is 11.0 Å². The zero-order chi connectivity index (χ0) is 22.6. The molecule has 0 unspecified atom stereocenters. The second-order valence-corrected chi connectivity index (χ2v) is 7.60. The van der Waals surface area contributed by atoms with Crippen molar-refractivity contribution in [1.29, 1.82) is 5.26 Å². The first-order valence-corrected chi connectivity index (χ1v) is 10.2. The van der Waals surface area contributed by atoms with Crippen LogP contribution in [0.2, 0.25) is 0 Å². The molecule has 0 saturated heterocycles. The number of rotatable bonds is 12. The number of carbonyl (C=O) groups is 1. The molecular weight excluding hydrogens is 424 g/mol. The van der Waals surface area contributed by atoms with E-state index in [2.05, 4.69) is 20.5 Å². The molecule has 31 heavy (non-hydrogen) atoms. The number of benzene rings is 1. The van der Waals surface area contributed by atoms with Crippen molar-refractivity contribution in [2.24, 2.45) is 16.1 Å². The van der Waals surface area contributed by atoms with Gasteiger partial charge in [0.05, 0.1) is 35.3 Å². The molecule has 0 fully saturated rings. The summed E-state index contributed by atoms with van der Waals surface area (Å²) in [6.45, 7) is 5.35. The minimum Gasteiger partial charge on any atom is -0.460 e. The number of ether oxygens (including phenoxy) is 2. The summed E-state index contributed by atoms with van der Waals surface area (Å²) in [5, 5.41) is 30.3. The van der Waals surface area contributed by atoms with Gasteiger partial charge in [0.2, 0.25) is 5.13 Å². The van der Waals surface area contributed by atoms with Crippen LogP contribution in [0.1, 0.15) is 30.6 Å². The molecule has 164 valence electrons. The number of hydrogen-bond acceptors (Lipinski definition) is 11. The van der Waals surface area contributed by atoms with Gasteiger partial charge in [-0.05, 0) is 35.5 Å². The Balaban J connectivity index is 2.11. The largest absolute Gasteiger partial charge is 0.460 e. The number of hydrogen-bond donors (Lipinski definition) is 1. The molecule has 0 spiro atoms. The summed E-state index contributed by atoms with van der Waals surface area (Å²) in [6.07, 6.45) is 1.37. The van der Waals surface area contributed by atoms with Gasteiger partial charge in [0.15, 0.2) is 0 Å². The first-order chi connectivity index (χ1) is 14.9. The highest BCUT2D eigenvalue weighted by Crippen LogP contribution is 2.30. The minimum absolute atomic E-state index is 0.0950. The first kappa shape index (κ1) is 23.8. The second kappa shape index (κ2) is 12.3. The van der Waals surface area contributed by atoms with Crippen LogP contribution in [0.5, 0.6) is 0 Å². The van der Waals surface area contributed by atoms with Crippen molar-refractivity contribution in [3.8, 4) is 6.07 Å². The van der Waals surface area contributed by atoms with Gasteiger partial charge in [-0.25, -0.2) is 9.78 Å². The Labute approximate surface area is 182 Å². The number of nitro groups is 1. The molecule has 0 bridgehead atoms. The van der Waals surface area contributed by atoms with Crippen LogP contribution in [-0.2, 0) is 9.47 Å². The Bertz CT molecular complexity index is 969. The number of anilines is 1. The zero-order valence-electron chi connectivity index (χ0n) is 17.1. The van der Waals surface area contributed by atoms with Gasteiger partial charge in [-0.3, -0.25) is 10.1 Å². The van der Waals surface area contributed by atoms with E-state index in [9.17, 15) is 14.9 Å². The first-order valence-electron chi connectivity index (χ1n) is 9.42. The third kappa shape index (κ3) is 8.07. The van der Waals surface area contributed by atoms with Crippen molar-refractivity contribution < 1.29 is 19.2 Å². The fourth-order valence-corrected chi connectivity index (χ4v) is 2.80. The van der Waals surface area contributed by atoms with Crippen LogP contribution < -0.4 is 5.32 Å². The van der Waals surface area contributed by atoms with Crippen molar-refractivity contribution in [3.05, 3.63) is 40.1 Å². The minimum atomic E-state index is -0.574. The van der Waals surface area contributed by atoms with E-state index in [4.69, 9.17) is 14.7 Å². The van der Waals surface area contributed by atoms with Crippen molar-refractivity contribution in [3.63, 3.8) is 0 Å². The van der Waals surface area contributed by atoms with E-state index in [1.165, 1.54) is 6.07 Å². The number of azo groups is 1. The summed E-state index contributed by atoms with van der Waals surface area (Å²) in [7, 11) is 0. The van der Waals surface area contributed by atoms with E-state index in [0.29, 0.717) is 30.4 Å². The van der Waals surface area contributed by atoms with Crippen molar-refractivity contribution in [1.82, 2.24) is 4.98 Å². The molecular formula is C19H22N6O5S. The van der Waals surface area contributed by atoms with Crippen LogP contribution in [-0.4, -0.2) is 42.2 Å². The monoisotopic (exact) mass is 446 g/mol. The number of nitriles is 1. The molecule has 0 radical (unpaired) electrons. The van der Waals surface area contributed by atoms with Gasteiger partial charge < -0.3 is 14.8 Å². The van der Waals surface area contributed by atoms with E-state index >= 15 is 0 Å². The molecule has 12 heteroatoms. The Morgan fingerprint density at radius 2 is 2.19 bits per heavy atom. The standard InChI is InChI=1S/C19H22N6O5S/c1-13(2)12-29-8-9-30-18(26)15-10-14(4-5-16(15)21-7-3-6-20)23-24-19-22-11-17(31-19)25(27)28/h4-5,10-11,13,21H,3,7-9,12H2,1-2H3. The van der Waals surface area contributed by atoms with E-state index in [0.717, 1.165) is 17.5 Å². The third-order valence-corrected chi connectivity index (χ3v) is 4.43. The van der Waals surface area contributed by atoms with Gasteiger partial charge in [0, 0.05) is 18.8 Å². The fourth-order valence-electron chi connectivity index (χ4n) is 2.25. The molecule has 2 aromatic rings. The molecule has 2 rings (SSSR count). The molecule has 11 nitrogen and oxygen atoms in total. The predicted molar refractivity (Wildman–Crippen MR) is 114 cm³/mol. The van der Waals surface area contributed by atoms with Crippen LogP contribution in [0.25, 0.3) is 0 Å². The maximum atomic E-state index is 12.6. The van der Waals surface area contributed by atoms with Crippen LogP contribution in [0, 0.1) is 27.4 Å². The lowest BCUT2D eigenvalue weighted by atomic mass is 10.1. The Morgan fingerprint density at radius 1 is 1.39 bits per heavy atom. The lowest BCUT2D eigenvalue weighted by Gasteiger charge is -2.12. The molecule has 1 heterocycles. The molecule has 0 aliphatic rings.